The Labute approximate surface area is 255 Å². The Bertz CT molecular complexity index is 2010. The van der Waals surface area contributed by atoms with E-state index in [1.54, 1.807) is 7.11 Å². The van der Waals surface area contributed by atoms with E-state index in [4.69, 9.17) is 14.5 Å². The van der Waals surface area contributed by atoms with Crippen molar-refractivity contribution in [1.29, 1.82) is 0 Å². The smallest absolute Gasteiger partial charge is 0.271 e. The molecule has 0 saturated carbocycles. The van der Waals surface area contributed by atoms with Gasteiger partial charge in [-0.15, -0.1) is 0 Å². The summed E-state index contributed by atoms with van der Waals surface area (Å²) in [5.74, 6) is 1.54. The molecule has 208 valence electrons. The minimum absolute atomic E-state index is 0.0366. The number of hydrogen-bond donors (Lipinski definition) is 0. The molecule has 1 aliphatic heterocycles. The van der Waals surface area contributed by atoms with Gasteiger partial charge in [0, 0.05) is 5.56 Å². The van der Waals surface area contributed by atoms with Crippen molar-refractivity contribution < 1.29 is 9.47 Å². The number of ether oxygens (including phenoxy) is 2. The molecule has 42 heavy (non-hydrogen) atoms. The van der Waals surface area contributed by atoms with Gasteiger partial charge in [-0.05, 0) is 86.9 Å². The zero-order valence-electron chi connectivity index (χ0n) is 22.9. The predicted molar refractivity (Wildman–Crippen MR) is 171 cm³/mol. The third-order valence-corrected chi connectivity index (χ3v) is 9.40. The molecule has 7 rings (SSSR count). The fraction of sp³-hybridized carbons (Fsp3) is 0.143. The van der Waals surface area contributed by atoms with Crippen molar-refractivity contribution in [2.24, 2.45) is 4.99 Å². The second-order valence-electron chi connectivity index (χ2n) is 10.4. The van der Waals surface area contributed by atoms with Crippen LogP contribution in [-0.2, 0) is 13.0 Å². The van der Waals surface area contributed by atoms with Crippen LogP contribution < -0.4 is 24.4 Å². The van der Waals surface area contributed by atoms with Crippen LogP contribution in [0.4, 0.5) is 0 Å². The van der Waals surface area contributed by atoms with Crippen LogP contribution >= 0.6 is 27.3 Å². The van der Waals surface area contributed by atoms with Gasteiger partial charge in [0.25, 0.3) is 5.56 Å². The molecule has 0 radical (unpaired) electrons. The summed E-state index contributed by atoms with van der Waals surface area (Å²) in [5.41, 5.74) is 7.66. The van der Waals surface area contributed by atoms with Crippen LogP contribution in [0.5, 0.6) is 11.5 Å². The number of methoxy groups -OCH3 is 1. The number of benzene rings is 4. The minimum Gasteiger partial charge on any atom is -0.497 e. The molecule has 0 saturated heterocycles. The van der Waals surface area contributed by atoms with Crippen LogP contribution in [-0.4, -0.2) is 11.7 Å². The number of hydrogen-bond acceptors (Lipinski definition) is 5. The number of nitrogens with zero attached hydrogens (tertiary/aromatic N) is 2. The molecule has 1 aliphatic carbocycles. The van der Waals surface area contributed by atoms with Crippen LogP contribution in [0.3, 0.4) is 0 Å². The highest BCUT2D eigenvalue weighted by molar-refractivity contribution is 9.10. The first-order chi connectivity index (χ1) is 20.6. The molecule has 2 aliphatic rings. The van der Waals surface area contributed by atoms with Gasteiger partial charge in [-0.2, -0.15) is 0 Å². The Hall–Kier alpha value is -4.20. The van der Waals surface area contributed by atoms with Gasteiger partial charge in [-0.25, -0.2) is 4.99 Å². The molecule has 2 heterocycles. The average Bonchev–Trinajstić information content (AvgIpc) is 3.34. The van der Waals surface area contributed by atoms with Gasteiger partial charge in [0.05, 0.1) is 27.9 Å². The Kier molecular flexibility index (Phi) is 7.14. The van der Waals surface area contributed by atoms with Crippen LogP contribution in [0.2, 0.25) is 0 Å². The van der Waals surface area contributed by atoms with Crippen LogP contribution in [0.1, 0.15) is 40.3 Å². The number of aromatic nitrogens is 1. The molecule has 0 N–H and O–H groups in total. The second-order valence-corrected chi connectivity index (χ2v) is 12.2. The summed E-state index contributed by atoms with van der Waals surface area (Å²) < 4.78 is 14.8. The molecule has 1 atom stereocenters. The number of fused-ring (bicyclic) bond motifs is 3. The number of rotatable bonds is 6. The molecule has 1 aromatic heterocycles. The van der Waals surface area contributed by atoms with Crippen molar-refractivity contribution in [3.63, 3.8) is 0 Å². The summed E-state index contributed by atoms with van der Waals surface area (Å²) in [7, 11) is 1.66. The highest BCUT2D eigenvalue weighted by atomic mass is 79.9. The molecule has 5 nitrogen and oxygen atoms in total. The van der Waals surface area contributed by atoms with Crippen molar-refractivity contribution in [2.45, 2.75) is 25.5 Å². The number of aryl methyl sites for hydroxylation is 1. The lowest BCUT2D eigenvalue weighted by molar-refractivity contribution is 0.304. The second kappa shape index (κ2) is 11.2. The quantitative estimate of drug-likeness (QED) is 0.210. The summed E-state index contributed by atoms with van der Waals surface area (Å²) in [6, 6.07) is 32.3. The van der Waals surface area contributed by atoms with Crippen molar-refractivity contribution in [3.05, 3.63) is 155 Å². The largest absolute Gasteiger partial charge is 0.497 e. The molecular formula is C35H27BrN2O3S. The summed E-state index contributed by atoms with van der Waals surface area (Å²) in [4.78, 5) is 19.9. The fourth-order valence-electron chi connectivity index (χ4n) is 5.72. The van der Waals surface area contributed by atoms with E-state index in [1.807, 2.05) is 71.3 Å². The summed E-state index contributed by atoms with van der Waals surface area (Å²) >= 11 is 5.09. The van der Waals surface area contributed by atoms with Crippen LogP contribution in [0.25, 0.3) is 11.8 Å². The highest BCUT2D eigenvalue weighted by Gasteiger charge is 2.32. The first kappa shape index (κ1) is 26.7. The number of allylic oxidation sites excluding steroid dienone is 1. The molecule has 5 aromatic rings. The van der Waals surface area contributed by atoms with Crippen molar-refractivity contribution >= 4 is 39.0 Å². The van der Waals surface area contributed by atoms with Gasteiger partial charge in [-0.3, -0.25) is 9.36 Å². The van der Waals surface area contributed by atoms with E-state index in [2.05, 4.69) is 52.3 Å². The molecule has 7 heteroatoms. The standard InChI is InChI=1S/C35H27BrN2O3S/c1-40-26-15-12-25(13-16-26)33-28-17-14-24-9-5-6-10-27(24)32(28)37-35-38(33)34(39)31(42-35)20-23-11-18-30(29(36)19-23)41-21-22-7-3-2-4-8-22/h2-13,15-16,18-20,33H,14,17,21H2,1H3/b31-20+/t33-/m0/s1. The zero-order chi connectivity index (χ0) is 28.6. The maximum atomic E-state index is 14.1. The van der Waals surface area contributed by atoms with Gasteiger partial charge in [-0.1, -0.05) is 84.1 Å². The lowest BCUT2D eigenvalue weighted by atomic mass is 9.83. The van der Waals surface area contributed by atoms with Gasteiger partial charge in [0.2, 0.25) is 0 Å². The number of thiazole rings is 1. The zero-order valence-corrected chi connectivity index (χ0v) is 25.3. The van der Waals surface area contributed by atoms with Crippen LogP contribution in [0.15, 0.2) is 117 Å². The Morgan fingerprint density at radius 3 is 2.55 bits per heavy atom. The average molecular weight is 636 g/mol. The molecule has 0 spiro atoms. The van der Waals surface area contributed by atoms with E-state index in [9.17, 15) is 4.79 Å². The Morgan fingerprint density at radius 2 is 1.76 bits per heavy atom. The van der Waals surface area contributed by atoms with Gasteiger partial charge < -0.3 is 9.47 Å². The molecule has 4 aromatic carbocycles. The summed E-state index contributed by atoms with van der Waals surface area (Å²) in [6.45, 7) is 0.483. The third-order valence-electron chi connectivity index (χ3n) is 7.80. The normalized spacial score (nSPS) is 15.9. The Balaban J connectivity index is 1.30. The van der Waals surface area contributed by atoms with Crippen molar-refractivity contribution in [1.82, 2.24) is 4.57 Å². The molecule has 0 unspecified atom stereocenters. The highest BCUT2D eigenvalue weighted by Crippen LogP contribution is 2.41. The third kappa shape index (κ3) is 4.93. The lowest BCUT2D eigenvalue weighted by Gasteiger charge is -2.30. The first-order valence-corrected chi connectivity index (χ1v) is 15.4. The van der Waals surface area contributed by atoms with E-state index in [-0.39, 0.29) is 11.6 Å². The van der Waals surface area contributed by atoms with Gasteiger partial charge in [0.15, 0.2) is 4.80 Å². The van der Waals surface area contributed by atoms with E-state index in [0.29, 0.717) is 15.9 Å². The van der Waals surface area contributed by atoms with E-state index < -0.39 is 0 Å². The number of halogens is 1. The molecule has 0 fully saturated rings. The minimum atomic E-state index is -0.224. The van der Waals surface area contributed by atoms with Crippen molar-refractivity contribution in [3.8, 4) is 11.5 Å². The summed E-state index contributed by atoms with van der Waals surface area (Å²) in [5, 5.41) is 0. The predicted octanol–water partition coefficient (Wildman–Crippen LogP) is 6.67. The van der Waals surface area contributed by atoms with Crippen molar-refractivity contribution in [2.75, 3.05) is 7.11 Å². The summed E-state index contributed by atoms with van der Waals surface area (Å²) in [6.07, 6.45) is 3.72. The van der Waals surface area contributed by atoms with E-state index in [1.165, 1.54) is 22.5 Å². The Morgan fingerprint density at radius 1 is 0.976 bits per heavy atom. The monoisotopic (exact) mass is 634 g/mol. The van der Waals surface area contributed by atoms with Gasteiger partial charge >= 0.3 is 0 Å². The molecule has 0 amide bonds. The van der Waals surface area contributed by atoms with Gasteiger partial charge in [0.1, 0.15) is 18.1 Å². The SMILES string of the molecule is COc1ccc([C@H]2C3=C(N=c4s/c(=C/c5ccc(OCc6ccccc6)c(Br)c5)c(=O)n42)c2ccccc2CC3)cc1. The van der Waals surface area contributed by atoms with E-state index >= 15 is 0 Å². The maximum absolute atomic E-state index is 14.1. The topological polar surface area (TPSA) is 52.8 Å². The fourth-order valence-corrected chi connectivity index (χ4v) is 7.23. The van der Waals surface area contributed by atoms with Crippen LogP contribution in [0, 0.1) is 0 Å². The lowest BCUT2D eigenvalue weighted by Crippen LogP contribution is -2.38. The van der Waals surface area contributed by atoms with E-state index in [0.717, 1.165) is 56.8 Å². The first-order valence-electron chi connectivity index (χ1n) is 13.8. The molecule has 0 bridgehead atoms. The molecular weight excluding hydrogens is 608 g/mol. The maximum Gasteiger partial charge on any atom is 0.271 e.